The van der Waals surface area contributed by atoms with Crippen LogP contribution in [-0.2, 0) is 22.4 Å². The van der Waals surface area contributed by atoms with Gasteiger partial charge in [-0.15, -0.1) is 0 Å². The van der Waals surface area contributed by atoms with E-state index in [9.17, 15) is 4.79 Å². The van der Waals surface area contributed by atoms with Crippen molar-refractivity contribution in [2.45, 2.75) is 52.5 Å². The van der Waals surface area contributed by atoms with Gasteiger partial charge in [0, 0.05) is 6.04 Å². The van der Waals surface area contributed by atoms with Crippen molar-refractivity contribution < 1.29 is 9.53 Å². The summed E-state index contributed by atoms with van der Waals surface area (Å²) in [6.45, 7) is 7.39. The first-order chi connectivity index (χ1) is 9.69. The number of aryl methyl sites for hydroxylation is 1. The van der Waals surface area contributed by atoms with Crippen LogP contribution in [0.2, 0.25) is 0 Å². The second-order valence-electron chi connectivity index (χ2n) is 5.03. The van der Waals surface area contributed by atoms with Gasteiger partial charge in [-0.1, -0.05) is 44.5 Å². The lowest BCUT2D eigenvalue weighted by Gasteiger charge is -2.17. The van der Waals surface area contributed by atoms with Crippen molar-refractivity contribution in [3.05, 3.63) is 35.4 Å². The van der Waals surface area contributed by atoms with E-state index in [2.05, 4.69) is 43.4 Å². The lowest BCUT2D eigenvalue weighted by atomic mass is 10.0. The van der Waals surface area contributed by atoms with Crippen molar-refractivity contribution in [1.29, 1.82) is 0 Å². The monoisotopic (exact) mass is 277 g/mol. The largest absolute Gasteiger partial charge is 0.466 e. The van der Waals surface area contributed by atoms with E-state index in [1.165, 1.54) is 17.5 Å². The van der Waals surface area contributed by atoms with Gasteiger partial charge in [0.1, 0.15) is 0 Å². The average Bonchev–Trinajstić information content (AvgIpc) is 2.42. The quantitative estimate of drug-likeness (QED) is 0.705. The second kappa shape index (κ2) is 9.54. The third-order valence-electron chi connectivity index (χ3n) is 3.25. The Labute approximate surface area is 122 Å². The number of carbonyl (C=O) groups excluding carboxylic acids is 1. The van der Waals surface area contributed by atoms with Crippen LogP contribution in [0.15, 0.2) is 24.3 Å². The van der Waals surface area contributed by atoms with Gasteiger partial charge >= 0.3 is 5.97 Å². The zero-order valence-electron chi connectivity index (χ0n) is 12.9. The first-order valence-corrected chi connectivity index (χ1v) is 7.66. The summed E-state index contributed by atoms with van der Waals surface area (Å²) in [5.74, 6) is -0.124. The van der Waals surface area contributed by atoms with Gasteiger partial charge in [-0.25, -0.2) is 0 Å². The highest BCUT2D eigenvalue weighted by Crippen LogP contribution is 2.10. The molecule has 0 aliphatic heterocycles. The van der Waals surface area contributed by atoms with Crippen molar-refractivity contribution in [1.82, 2.24) is 5.32 Å². The number of nitrogens with one attached hydrogen (secondary N) is 1. The molecule has 0 bridgehead atoms. The molecule has 1 aromatic carbocycles. The van der Waals surface area contributed by atoms with E-state index < -0.39 is 0 Å². The Hall–Kier alpha value is -1.35. The third-order valence-corrected chi connectivity index (χ3v) is 3.25. The van der Waals surface area contributed by atoms with E-state index in [4.69, 9.17) is 4.74 Å². The van der Waals surface area contributed by atoms with Crippen LogP contribution in [-0.4, -0.2) is 25.2 Å². The van der Waals surface area contributed by atoms with Crippen LogP contribution >= 0.6 is 0 Å². The van der Waals surface area contributed by atoms with Crippen LogP contribution in [0.4, 0.5) is 0 Å². The standard InChI is InChI=1S/C17H27NO2/c1-4-7-14-8-10-15(11-9-14)12-16(18-5-2)13-17(19)20-6-3/h8-11,16,18H,4-7,12-13H2,1-3H3. The van der Waals surface area contributed by atoms with E-state index in [-0.39, 0.29) is 12.0 Å². The Morgan fingerprint density at radius 2 is 1.80 bits per heavy atom. The molecule has 0 aromatic heterocycles. The fourth-order valence-electron chi connectivity index (χ4n) is 2.34. The minimum atomic E-state index is -0.124. The van der Waals surface area contributed by atoms with Gasteiger partial charge in [0.25, 0.3) is 0 Å². The fourth-order valence-corrected chi connectivity index (χ4v) is 2.34. The highest BCUT2D eigenvalue weighted by molar-refractivity contribution is 5.70. The van der Waals surface area contributed by atoms with Crippen molar-refractivity contribution >= 4 is 5.97 Å². The highest BCUT2D eigenvalue weighted by atomic mass is 16.5. The first-order valence-electron chi connectivity index (χ1n) is 7.66. The lowest BCUT2D eigenvalue weighted by molar-refractivity contribution is -0.143. The summed E-state index contributed by atoms with van der Waals surface area (Å²) in [4.78, 5) is 11.6. The Balaban J connectivity index is 2.57. The number of hydrogen-bond donors (Lipinski definition) is 1. The molecule has 20 heavy (non-hydrogen) atoms. The maximum absolute atomic E-state index is 11.6. The highest BCUT2D eigenvalue weighted by Gasteiger charge is 2.14. The molecule has 0 saturated heterocycles. The van der Waals surface area contributed by atoms with Gasteiger partial charge in [0.05, 0.1) is 13.0 Å². The Morgan fingerprint density at radius 3 is 2.35 bits per heavy atom. The Kier molecular flexibility index (Phi) is 7.97. The number of benzene rings is 1. The minimum absolute atomic E-state index is 0.124. The number of ether oxygens (including phenoxy) is 1. The van der Waals surface area contributed by atoms with Crippen molar-refractivity contribution in [2.24, 2.45) is 0 Å². The second-order valence-corrected chi connectivity index (χ2v) is 5.03. The summed E-state index contributed by atoms with van der Waals surface area (Å²) in [6.07, 6.45) is 3.58. The molecule has 1 unspecified atom stereocenters. The maximum Gasteiger partial charge on any atom is 0.307 e. The Bertz CT molecular complexity index is 386. The summed E-state index contributed by atoms with van der Waals surface area (Å²) < 4.78 is 5.03. The molecule has 3 heteroatoms. The molecule has 0 aliphatic carbocycles. The van der Waals surface area contributed by atoms with Crippen LogP contribution < -0.4 is 5.32 Å². The van der Waals surface area contributed by atoms with E-state index in [1.54, 1.807) is 0 Å². The van der Waals surface area contributed by atoms with Gasteiger partial charge in [-0.05, 0) is 37.4 Å². The predicted octanol–water partition coefficient (Wildman–Crippen LogP) is 3.11. The fraction of sp³-hybridized carbons (Fsp3) is 0.588. The molecular weight excluding hydrogens is 250 g/mol. The summed E-state index contributed by atoms with van der Waals surface area (Å²) in [5, 5.41) is 3.36. The predicted molar refractivity (Wildman–Crippen MR) is 82.9 cm³/mol. The summed E-state index contributed by atoms with van der Waals surface area (Å²) in [7, 11) is 0. The average molecular weight is 277 g/mol. The van der Waals surface area contributed by atoms with Crippen LogP contribution in [0.25, 0.3) is 0 Å². The van der Waals surface area contributed by atoms with Crippen LogP contribution in [0.3, 0.4) is 0 Å². The molecule has 0 aliphatic rings. The number of rotatable bonds is 9. The molecule has 1 aromatic rings. The molecule has 112 valence electrons. The van der Waals surface area contributed by atoms with Gasteiger partial charge in [0.15, 0.2) is 0 Å². The molecular formula is C17H27NO2. The van der Waals surface area contributed by atoms with Gasteiger partial charge < -0.3 is 10.1 Å². The molecule has 1 atom stereocenters. The minimum Gasteiger partial charge on any atom is -0.466 e. The third kappa shape index (κ3) is 6.20. The van der Waals surface area contributed by atoms with E-state index in [0.29, 0.717) is 13.0 Å². The number of hydrogen-bond acceptors (Lipinski definition) is 3. The molecule has 3 nitrogen and oxygen atoms in total. The summed E-state index contributed by atoms with van der Waals surface area (Å²) >= 11 is 0. The number of likely N-dealkylation sites (N-methyl/N-ethyl adjacent to an activating group) is 1. The molecule has 1 N–H and O–H groups in total. The zero-order valence-corrected chi connectivity index (χ0v) is 12.9. The summed E-state index contributed by atoms with van der Waals surface area (Å²) in [6, 6.07) is 8.86. The first kappa shape index (κ1) is 16.7. The SMILES string of the molecule is CCCc1ccc(CC(CC(=O)OCC)NCC)cc1. The maximum atomic E-state index is 11.6. The van der Waals surface area contributed by atoms with E-state index in [1.807, 2.05) is 6.92 Å². The van der Waals surface area contributed by atoms with Crippen molar-refractivity contribution in [3.63, 3.8) is 0 Å². The molecule has 0 saturated carbocycles. The number of carbonyl (C=O) groups is 1. The Morgan fingerprint density at radius 1 is 1.15 bits per heavy atom. The molecule has 0 radical (unpaired) electrons. The molecule has 0 amide bonds. The smallest absolute Gasteiger partial charge is 0.307 e. The molecule has 0 heterocycles. The summed E-state index contributed by atoms with van der Waals surface area (Å²) in [5.41, 5.74) is 2.64. The van der Waals surface area contributed by atoms with Crippen LogP contribution in [0, 0.1) is 0 Å². The number of esters is 1. The van der Waals surface area contributed by atoms with Gasteiger partial charge in [-0.3, -0.25) is 4.79 Å². The van der Waals surface area contributed by atoms with Crippen molar-refractivity contribution in [2.75, 3.05) is 13.2 Å². The van der Waals surface area contributed by atoms with Crippen LogP contribution in [0.5, 0.6) is 0 Å². The normalized spacial score (nSPS) is 12.2. The molecule has 0 fully saturated rings. The van der Waals surface area contributed by atoms with E-state index >= 15 is 0 Å². The molecule has 1 rings (SSSR count). The topological polar surface area (TPSA) is 38.3 Å². The van der Waals surface area contributed by atoms with E-state index in [0.717, 1.165) is 19.4 Å². The zero-order chi connectivity index (χ0) is 14.8. The van der Waals surface area contributed by atoms with Gasteiger partial charge in [0.2, 0.25) is 0 Å². The van der Waals surface area contributed by atoms with Crippen molar-refractivity contribution in [3.8, 4) is 0 Å². The van der Waals surface area contributed by atoms with Gasteiger partial charge in [-0.2, -0.15) is 0 Å². The van der Waals surface area contributed by atoms with Crippen LogP contribution in [0.1, 0.15) is 44.7 Å². The lowest BCUT2D eigenvalue weighted by Crippen LogP contribution is -2.33. The molecule has 0 spiro atoms.